The Morgan fingerprint density at radius 2 is 2.44 bits per heavy atom. The number of carbonyl (C=O) groups is 1. The maximum Gasteiger partial charge on any atom is 0.256 e. The van der Waals surface area contributed by atoms with E-state index in [1.807, 2.05) is 0 Å². The normalized spacial score (nSPS) is 13.6. The third-order valence-electron chi connectivity index (χ3n) is 1.98. The highest BCUT2D eigenvalue weighted by Gasteiger charge is 2.07. The molecule has 0 aliphatic heterocycles. The molecule has 16 heavy (non-hydrogen) atoms. The van der Waals surface area contributed by atoms with E-state index < -0.39 is 12.9 Å². The second kappa shape index (κ2) is 4.06. The summed E-state index contributed by atoms with van der Waals surface area (Å²) in [4.78, 5) is 11.9. The molecule has 1 heterocycles. The van der Waals surface area contributed by atoms with Crippen molar-refractivity contribution in [1.82, 2.24) is 9.78 Å². The van der Waals surface area contributed by atoms with Gasteiger partial charge in [0, 0.05) is 34.6 Å². The predicted octanol–water partition coefficient (Wildman–Crippen LogP) is 1.25. The summed E-state index contributed by atoms with van der Waals surface area (Å²) in [6.07, 6.45) is 1.28. The lowest BCUT2D eigenvalue weighted by Crippen LogP contribution is -2.12. The fourth-order valence-electron chi connectivity index (χ4n) is 1.26. The van der Waals surface area contributed by atoms with Gasteiger partial charge in [-0.15, -0.1) is 0 Å². The van der Waals surface area contributed by atoms with Crippen LogP contribution in [0.5, 0.6) is 0 Å². The highest BCUT2D eigenvalue weighted by molar-refractivity contribution is 6.04. The topological polar surface area (TPSA) is 72.9 Å². The number of nitrogens with two attached hydrogens (primary N) is 1. The van der Waals surface area contributed by atoms with Gasteiger partial charge in [-0.05, 0) is 18.2 Å². The molecular formula is C11H12N4O. The summed E-state index contributed by atoms with van der Waals surface area (Å²) >= 11 is 0. The van der Waals surface area contributed by atoms with E-state index >= 15 is 0 Å². The maximum absolute atomic E-state index is 11.9. The van der Waals surface area contributed by atoms with Gasteiger partial charge in [-0.3, -0.25) is 9.48 Å². The van der Waals surface area contributed by atoms with E-state index in [0.717, 1.165) is 4.68 Å². The van der Waals surface area contributed by atoms with Gasteiger partial charge in [0.25, 0.3) is 5.91 Å². The lowest BCUT2D eigenvalue weighted by atomic mass is 10.2. The van der Waals surface area contributed by atoms with Crippen LogP contribution in [0.15, 0.2) is 36.5 Å². The third kappa shape index (κ3) is 2.20. The Morgan fingerprint density at radius 1 is 1.56 bits per heavy atom. The van der Waals surface area contributed by atoms with Crippen LogP contribution in [0.3, 0.4) is 0 Å². The van der Waals surface area contributed by atoms with E-state index in [0.29, 0.717) is 11.3 Å². The fourth-order valence-corrected chi connectivity index (χ4v) is 1.26. The van der Waals surface area contributed by atoms with Crippen LogP contribution >= 0.6 is 0 Å². The summed E-state index contributed by atoms with van der Waals surface area (Å²) in [5, 5.41) is 6.26. The molecule has 0 atom stereocenters. The molecule has 3 N–H and O–H groups in total. The van der Waals surface area contributed by atoms with Crippen LogP contribution in [-0.4, -0.2) is 15.7 Å². The van der Waals surface area contributed by atoms with Gasteiger partial charge in [0.05, 0.1) is 0 Å². The Balaban J connectivity index is 2.13. The van der Waals surface area contributed by atoms with E-state index in [-0.39, 0.29) is 5.82 Å². The van der Waals surface area contributed by atoms with Crippen molar-refractivity contribution >= 4 is 17.4 Å². The number of nitrogens with zero attached hydrogens (tertiary/aromatic N) is 2. The Morgan fingerprint density at radius 3 is 3.12 bits per heavy atom. The van der Waals surface area contributed by atoms with E-state index in [4.69, 9.17) is 9.85 Å². The Kier molecular flexibility index (Phi) is 1.79. The monoisotopic (exact) mass is 219 g/mol. The van der Waals surface area contributed by atoms with Crippen LogP contribution < -0.4 is 11.1 Å². The lowest BCUT2D eigenvalue weighted by Gasteiger charge is -2.02. The van der Waals surface area contributed by atoms with Crippen molar-refractivity contribution in [3.63, 3.8) is 0 Å². The molecule has 5 nitrogen and oxygen atoms in total. The highest BCUT2D eigenvalue weighted by atomic mass is 16.1. The number of hydrogen-bond donors (Lipinski definition) is 2. The van der Waals surface area contributed by atoms with Crippen LogP contribution in [0.2, 0.25) is 0 Å². The Bertz CT molecular complexity index is 606. The molecule has 2 rings (SSSR count). The first kappa shape index (κ1) is 7.05. The molecule has 1 aromatic carbocycles. The first-order valence-electron chi connectivity index (χ1n) is 6.09. The molecule has 1 aromatic heterocycles. The second-order valence-electron chi connectivity index (χ2n) is 3.23. The van der Waals surface area contributed by atoms with Gasteiger partial charge < -0.3 is 11.1 Å². The smallest absolute Gasteiger partial charge is 0.256 e. The SMILES string of the molecule is [2H]C([2H])([2H])n1ccc(NC(=O)c2cccc(N)c2)n1. The van der Waals surface area contributed by atoms with Crippen molar-refractivity contribution in [1.29, 1.82) is 0 Å². The van der Waals surface area contributed by atoms with Gasteiger partial charge in [0.2, 0.25) is 0 Å². The van der Waals surface area contributed by atoms with Crippen LogP contribution in [0, 0.1) is 0 Å². The van der Waals surface area contributed by atoms with Crippen molar-refractivity contribution in [2.24, 2.45) is 6.98 Å². The zero-order valence-corrected chi connectivity index (χ0v) is 8.34. The van der Waals surface area contributed by atoms with Crippen molar-refractivity contribution in [2.75, 3.05) is 11.1 Å². The molecule has 0 spiro atoms. The minimum absolute atomic E-state index is 0.170. The molecule has 0 fully saturated rings. The molecule has 0 unspecified atom stereocenters. The quantitative estimate of drug-likeness (QED) is 0.747. The molecule has 5 heteroatoms. The largest absolute Gasteiger partial charge is 0.399 e. The van der Waals surface area contributed by atoms with Gasteiger partial charge in [-0.1, -0.05) is 6.07 Å². The number of nitrogen functional groups attached to an aromatic ring is 1. The summed E-state index contributed by atoms with van der Waals surface area (Å²) in [5.74, 6) is -0.230. The number of carbonyl (C=O) groups excluding carboxylic acids is 1. The first-order chi connectivity index (χ1) is 8.86. The van der Waals surface area contributed by atoms with Crippen molar-refractivity contribution < 1.29 is 8.91 Å². The number of benzene rings is 1. The van der Waals surface area contributed by atoms with Crippen LogP contribution in [-0.2, 0) is 6.98 Å². The van der Waals surface area contributed by atoms with Gasteiger partial charge in [0.1, 0.15) is 0 Å². The minimum Gasteiger partial charge on any atom is -0.399 e. The van der Waals surface area contributed by atoms with E-state index in [9.17, 15) is 4.79 Å². The number of anilines is 2. The third-order valence-corrected chi connectivity index (χ3v) is 1.98. The molecule has 0 aliphatic carbocycles. The van der Waals surface area contributed by atoms with E-state index in [2.05, 4.69) is 10.4 Å². The number of rotatable bonds is 2. The zero-order valence-electron chi connectivity index (χ0n) is 11.3. The second-order valence-corrected chi connectivity index (χ2v) is 3.23. The molecule has 1 amide bonds. The minimum atomic E-state index is -2.36. The summed E-state index contributed by atoms with van der Waals surface area (Å²) < 4.78 is 22.3. The molecule has 82 valence electrons. The van der Waals surface area contributed by atoms with Gasteiger partial charge >= 0.3 is 0 Å². The Hall–Kier alpha value is -2.30. The number of nitrogens with one attached hydrogen (secondary N) is 1. The van der Waals surface area contributed by atoms with Crippen molar-refractivity contribution in [3.05, 3.63) is 42.1 Å². The number of aryl methyl sites for hydroxylation is 1. The number of hydrogen-bond acceptors (Lipinski definition) is 3. The first-order valence-corrected chi connectivity index (χ1v) is 4.59. The average Bonchev–Trinajstić information content (AvgIpc) is 2.77. The molecule has 0 radical (unpaired) electrons. The summed E-state index contributed by atoms with van der Waals surface area (Å²) in [7, 11) is 0. The standard InChI is InChI=1S/C11H12N4O/c1-15-6-5-10(14-15)13-11(16)8-3-2-4-9(12)7-8/h2-7H,12H2,1H3,(H,13,14,16)/i1D3. The summed E-state index contributed by atoms with van der Waals surface area (Å²) in [6, 6.07) is 7.87. The average molecular weight is 219 g/mol. The zero-order chi connectivity index (χ0) is 14.0. The molecule has 0 bridgehead atoms. The summed E-state index contributed by atoms with van der Waals surface area (Å²) in [5.41, 5.74) is 6.43. The van der Waals surface area contributed by atoms with Gasteiger partial charge in [-0.25, -0.2) is 0 Å². The lowest BCUT2D eigenvalue weighted by molar-refractivity contribution is 0.102. The molecule has 0 saturated carbocycles. The molecule has 2 aromatic rings. The van der Waals surface area contributed by atoms with Crippen LogP contribution in [0.25, 0.3) is 0 Å². The fraction of sp³-hybridized carbons (Fsp3) is 0.0909. The Labute approximate surface area is 97.1 Å². The molecule has 0 aliphatic rings. The maximum atomic E-state index is 11.9. The van der Waals surface area contributed by atoms with E-state index in [1.165, 1.54) is 18.3 Å². The van der Waals surface area contributed by atoms with E-state index in [1.54, 1.807) is 18.2 Å². The van der Waals surface area contributed by atoms with Crippen molar-refractivity contribution in [3.8, 4) is 0 Å². The van der Waals surface area contributed by atoms with Crippen LogP contribution in [0.4, 0.5) is 11.5 Å². The van der Waals surface area contributed by atoms with Gasteiger partial charge in [-0.2, -0.15) is 5.10 Å². The predicted molar refractivity (Wildman–Crippen MR) is 62.0 cm³/mol. The van der Waals surface area contributed by atoms with Crippen molar-refractivity contribution in [2.45, 2.75) is 0 Å². The molecular weight excluding hydrogens is 204 g/mol. The number of aromatic nitrogens is 2. The van der Waals surface area contributed by atoms with Crippen LogP contribution in [0.1, 0.15) is 14.5 Å². The molecule has 0 saturated heterocycles. The van der Waals surface area contributed by atoms with Gasteiger partial charge in [0.15, 0.2) is 5.82 Å². The highest BCUT2D eigenvalue weighted by Crippen LogP contribution is 2.09. The summed E-state index contributed by atoms with van der Waals surface area (Å²) in [6.45, 7) is -2.36. The number of amides is 1.